The van der Waals surface area contributed by atoms with Crippen LogP contribution >= 0.6 is 0 Å². The molecule has 4 aromatic rings. The van der Waals surface area contributed by atoms with E-state index in [2.05, 4.69) is 78.2 Å². The van der Waals surface area contributed by atoms with Gasteiger partial charge < -0.3 is 10.3 Å². The molecule has 0 saturated carbocycles. The standard InChI is InChI=1S/C22H21N3/c1-16-5-4-6-19(13-16)22-24-20-7-2-3-8-21(20)25(22)15-18-11-9-17(14-23)10-12-18/h2-13H,14-15,23H2,1H3. The number of para-hydroxylation sites is 2. The third-order valence-electron chi connectivity index (χ3n) is 4.53. The van der Waals surface area contributed by atoms with Crippen LogP contribution in [0.4, 0.5) is 0 Å². The van der Waals surface area contributed by atoms with Gasteiger partial charge >= 0.3 is 0 Å². The minimum absolute atomic E-state index is 0.572. The molecule has 0 radical (unpaired) electrons. The fraction of sp³-hybridized carbons (Fsp3) is 0.136. The summed E-state index contributed by atoms with van der Waals surface area (Å²) >= 11 is 0. The van der Waals surface area contributed by atoms with Crippen LogP contribution in [0.25, 0.3) is 22.4 Å². The minimum Gasteiger partial charge on any atom is -0.326 e. The van der Waals surface area contributed by atoms with Crippen molar-refractivity contribution >= 4 is 11.0 Å². The number of nitrogens with two attached hydrogens (primary N) is 1. The first-order chi connectivity index (χ1) is 12.2. The van der Waals surface area contributed by atoms with Gasteiger partial charge in [-0.15, -0.1) is 0 Å². The molecule has 0 amide bonds. The Morgan fingerprint density at radius 2 is 1.64 bits per heavy atom. The molecule has 1 heterocycles. The summed E-state index contributed by atoms with van der Waals surface area (Å²) in [6, 6.07) is 25.3. The maximum absolute atomic E-state index is 5.71. The van der Waals surface area contributed by atoms with Gasteiger partial charge in [-0.25, -0.2) is 4.98 Å². The number of fused-ring (bicyclic) bond motifs is 1. The highest BCUT2D eigenvalue weighted by molar-refractivity contribution is 5.80. The van der Waals surface area contributed by atoms with Crippen LogP contribution in [0.1, 0.15) is 16.7 Å². The smallest absolute Gasteiger partial charge is 0.141 e. The van der Waals surface area contributed by atoms with Gasteiger partial charge in [0.2, 0.25) is 0 Å². The zero-order valence-corrected chi connectivity index (χ0v) is 14.3. The number of aromatic nitrogens is 2. The highest BCUT2D eigenvalue weighted by Crippen LogP contribution is 2.26. The van der Waals surface area contributed by atoms with E-state index in [1.165, 1.54) is 11.1 Å². The Morgan fingerprint density at radius 1 is 0.880 bits per heavy atom. The summed E-state index contributed by atoms with van der Waals surface area (Å²) in [7, 11) is 0. The number of hydrogen-bond acceptors (Lipinski definition) is 2. The van der Waals surface area contributed by atoms with Crippen LogP contribution in [0.15, 0.2) is 72.8 Å². The summed E-state index contributed by atoms with van der Waals surface area (Å²) in [6.07, 6.45) is 0. The average Bonchev–Trinajstić information content (AvgIpc) is 3.01. The Labute approximate surface area is 147 Å². The molecule has 0 spiro atoms. The Morgan fingerprint density at radius 3 is 2.40 bits per heavy atom. The maximum atomic E-state index is 5.71. The van der Waals surface area contributed by atoms with Crippen LogP contribution in [0.3, 0.4) is 0 Å². The van der Waals surface area contributed by atoms with Gasteiger partial charge in [0.25, 0.3) is 0 Å². The van der Waals surface area contributed by atoms with Crippen molar-refractivity contribution in [1.29, 1.82) is 0 Å². The highest BCUT2D eigenvalue weighted by Gasteiger charge is 2.13. The van der Waals surface area contributed by atoms with Gasteiger partial charge in [-0.1, -0.05) is 60.2 Å². The molecular formula is C22H21N3. The van der Waals surface area contributed by atoms with E-state index in [0.717, 1.165) is 34.5 Å². The summed E-state index contributed by atoms with van der Waals surface area (Å²) in [5.74, 6) is 1.01. The molecule has 0 aliphatic carbocycles. The van der Waals surface area contributed by atoms with E-state index >= 15 is 0 Å². The first-order valence-corrected chi connectivity index (χ1v) is 8.55. The van der Waals surface area contributed by atoms with Crippen LogP contribution < -0.4 is 5.73 Å². The molecule has 3 heteroatoms. The summed E-state index contributed by atoms with van der Waals surface area (Å²) < 4.78 is 2.29. The molecule has 0 fully saturated rings. The predicted octanol–water partition coefficient (Wildman–Crippen LogP) is 4.52. The van der Waals surface area contributed by atoms with Crippen molar-refractivity contribution in [3.8, 4) is 11.4 Å². The van der Waals surface area contributed by atoms with Gasteiger partial charge in [-0.05, 0) is 36.2 Å². The Bertz CT molecular complexity index is 1010. The van der Waals surface area contributed by atoms with Crippen LogP contribution in [0, 0.1) is 6.92 Å². The minimum atomic E-state index is 0.572. The first kappa shape index (κ1) is 15.6. The Hall–Kier alpha value is -2.91. The lowest BCUT2D eigenvalue weighted by Crippen LogP contribution is -2.03. The molecule has 3 aromatic carbocycles. The number of aryl methyl sites for hydroxylation is 1. The molecule has 2 N–H and O–H groups in total. The lowest BCUT2D eigenvalue weighted by Gasteiger charge is -2.11. The molecular weight excluding hydrogens is 306 g/mol. The van der Waals surface area contributed by atoms with E-state index in [4.69, 9.17) is 10.7 Å². The van der Waals surface area contributed by atoms with Crippen molar-refractivity contribution in [2.45, 2.75) is 20.0 Å². The largest absolute Gasteiger partial charge is 0.326 e. The number of imidazole rings is 1. The molecule has 25 heavy (non-hydrogen) atoms. The van der Waals surface area contributed by atoms with Crippen molar-refractivity contribution in [2.75, 3.05) is 0 Å². The third kappa shape index (κ3) is 3.06. The molecule has 0 saturated heterocycles. The van der Waals surface area contributed by atoms with Crippen LogP contribution in [-0.4, -0.2) is 9.55 Å². The third-order valence-corrected chi connectivity index (χ3v) is 4.53. The van der Waals surface area contributed by atoms with E-state index in [9.17, 15) is 0 Å². The fourth-order valence-electron chi connectivity index (χ4n) is 3.20. The van der Waals surface area contributed by atoms with Crippen LogP contribution in [-0.2, 0) is 13.1 Å². The number of nitrogens with zero attached hydrogens (tertiary/aromatic N) is 2. The summed E-state index contributed by atoms with van der Waals surface area (Å²) in [5.41, 5.74) is 12.7. The molecule has 124 valence electrons. The topological polar surface area (TPSA) is 43.8 Å². The van der Waals surface area contributed by atoms with Gasteiger partial charge in [-0.2, -0.15) is 0 Å². The van der Waals surface area contributed by atoms with Crippen molar-refractivity contribution in [1.82, 2.24) is 9.55 Å². The van der Waals surface area contributed by atoms with E-state index in [1.54, 1.807) is 0 Å². The number of benzene rings is 3. The van der Waals surface area contributed by atoms with Gasteiger partial charge in [0.15, 0.2) is 0 Å². The maximum Gasteiger partial charge on any atom is 0.141 e. The van der Waals surface area contributed by atoms with Crippen molar-refractivity contribution < 1.29 is 0 Å². The zero-order chi connectivity index (χ0) is 17.2. The number of rotatable bonds is 4. The van der Waals surface area contributed by atoms with Gasteiger partial charge in [-0.3, -0.25) is 0 Å². The van der Waals surface area contributed by atoms with E-state index in [-0.39, 0.29) is 0 Å². The molecule has 0 bridgehead atoms. The van der Waals surface area contributed by atoms with Crippen molar-refractivity contribution in [2.24, 2.45) is 5.73 Å². The summed E-state index contributed by atoms with van der Waals surface area (Å²) in [4.78, 5) is 4.90. The Balaban J connectivity index is 1.84. The lowest BCUT2D eigenvalue weighted by atomic mass is 10.1. The Kier molecular flexibility index (Phi) is 4.08. The molecule has 0 aliphatic rings. The first-order valence-electron chi connectivity index (χ1n) is 8.55. The van der Waals surface area contributed by atoms with Gasteiger partial charge in [0, 0.05) is 18.7 Å². The summed E-state index contributed by atoms with van der Waals surface area (Å²) in [5, 5.41) is 0. The molecule has 0 atom stereocenters. The highest BCUT2D eigenvalue weighted by atomic mass is 15.1. The molecule has 1 aromatic heterocycles. The van der Waals surface area contributed by atoms with Gasteiger partial charge in [0.05, 0.1) is 11.0 Å². The second kappa shape index (κ2) is 6.54. The van der Waals surface area contributed by atoms with Crippen LogP contribution in [0.5, 0.6) is 0 Å². The predicted molar refractivity (Wildman–Crippen MR) is 103 cm³/mol. The van der Waals surface area contributed by atoms with E-state index in [0.29, 0.717) is 6.54 Å². The average molecular weight is 327 g/mol. The second-order valence-electron chi connectivity index (χ2n) is 6.40. The molecule has 0 unspecified atom stereocenters. The normalized spacial score (nSPS) is 11.1. The quantitative estimate of drug-likeness (QED) is 0.599. The van der Waals surface area contributed by atoms with Crippen molar-refractivity contribution in [3.63, 3.8) is 0 Å². The monoisotopic (exact) mass is 327 g/mol. The van der Waals surface area contributed by atoms with Crippen LogP contribution in [0.2, 0.25) is 0 Å². The van der Waals surface area contributed by atoms with Gasteiger partial charge in [0.1, 0.15) is 5.82 Å². The van der Waals surface area contributed by atoms with Crippen molar-refractivity contribution in [3.05, 3.63) is 89.5 Å². The molecule has 3 nitrogen and oxygen atoms in total. The molecule has 0 aliphatic heterocycles. The second-order valence-corrected chi connectivity index (χ2v) is 6.40. The molecule has 4 rings (SSSR count). The SMILES string of the molecule is Cc1cccc(-c2nc3ccccc3n2Cc2ccc(CN)cc2)c1. The number of hydrogen-bond donors (Lipinski definition) is 1. The fourth-order valence-corrected chi connectivity index (χ4v) is 3.20. The zero-order valence-electron chi connectivity index (χ0n) is 14.3. The van der Waals surface area contributed by atoms with E-state index < -0.39 is 0 Å². The van der Waals surface area contributed by atoms with E-state index in [1.807, 2.05) is 6.07 Å². The summed E-state index contributed by atoms with van der Waals surface area (Å²) in [6.45, 7) is 3.47. The lowest BCUT2D eigenvalue weighted by molar-refractivity contribution is 0.833.